The number of hydrogen-bond acceptors (Lipinski definition) is 6. The monoisotopic (exact) mass is 364 g/mol. The first-order valence-electron chi connectivity index (χ1n) is 9.33. The Labute approximate surface area is 158 Å². The molecule has 27 heavy (non-hydrogen) atoms. The zero-order valence-corrected chi connectivity index (χ0v) is 15.4. The van der Waals surface area contributed by atoms with E-state index in [1.807, 2.05) is 36.5 Å². The topological polar surface area (TPSA) is 77.2 Å². The second-order valence-corrected chi connectivity index (χ2v) is 6.95. The van der Waals surface area contributed by atoms with E-state index >= 15 is 0 Å². The minimum Gasteiger partial charge on any atom is -0.354 e. The molecule has 1 atom stereocenters. The summed E-state index contributed by atoms with van der Waals surface area (Å²) in [5.41, 5.74) is 0.596. The maximum absolute atomic E-state index is 12.2. The molecule has 0 spiro atoms. The number of piperazine rings is 1. The van der Waals surface area contributed by atoms with Crippen LogP contribution >= 0.6 is 0 Å². The van der Waals surface area contributed by atoms with E-state index in [0.717, 1.165) is 38.5 Å². The summed E-state index contributed by atoms with van der Waals surface area (Å²) in [4.78, 5) is 28.7. The first kappa shape index (κ1) is 17.5. The molecule has 1 saturated heterocycles. The van der Waals surface area contributed by atoms with Gasteiger partial charge in [-0.3, -0.25) is 14.7 Å². The standard InChI is InChI=1S/C20H24N6O/c1-15(22-20-23-17-7-3-2-6-16(17)19(27)24-20)14-25-10-12-26(13-11-25)18-8-4-5-9-21-18/h2-9,15H,10-14H2,1H3,(H2,22,23,24,27). The smallest absolute Gasteiger partial charge is 0.260 e. The molecule has 140 valence electrons. The summed E-state index contributed by atoms with van der Waals surface area (Å²) < 4.78 is 0. The summed E-state index contributed by atoms with van der Waals surface area (Å²) in [7, 11) is 0. The molecule has 0 radical (unpaired) electrons. The van der Waals surface area contributed by atoms with Crippen molar-refractivity contribution in [3.05, 3.63) is 59.0 Å². The number of aromatic amines is 1. The molecule has 0 aliphatic carbocycles. The average Bonchev–Trinajstić information content (AvgIpc) is 2.69. The van der Waals surface area contributed by atoms with Gasteiger partial charge in [-0.2, -0.15) is 0 Å². The molecule has 0 bridgehead atoms. The number of anilines is 2. The number of H-pyrrole nitrogens is 1. The van der Waals surface area contributed by atoms with E-state index in [1.54, 1.807) is 6.07 Å². The lowest BCUT2D eigenvalue weighted by molar-refractivity contribution is 0.250. The Morgan fingerprint density at radius 1 is 1.11 bits per heavy atom. The van der Waals surface area contributed by atoms with E-state index in [2.05, 4.69) is 43.1 Å². The Bertz CT molecular complexity index is 949. The predicted octanol–water partition coefficient (Wildman–Crippen LogP) is 1.94. The van der Waals surface area contributed by atoms with E-state index in [-0.39, 0.29) is 11.6 Å². The third-order valence-electron chi connectivity index (χ3n) is 4.87. The molecular formula is C20H24N6O. The summed E-state index contributed by atoms with van der Waals surface area (Å²) in [6, 6.07) is 13.6. The van der Waals surface area contributed by atoms with Crippen LogP contribution in [0.4, 0.5) is 11.8 Å². The summed E-state index contributed by atoms with van der Waals surface area (Å²) in [5.74, 6) is 1.57. The fraction of sp³-hybridized carbons (Fsp3) is 0.350. The molecule has 0 saturated carbocycles. The molecule has 1 aliphatic heterocycles. The summed E-state index contributed by atoms with van der Waals surface area (Å²) in [6.45, 7) is 6.92. The highest BCUT2D eigenvalue weighted by atomic mass is 16.1. The summed E-state index contributed by atoms with van der Waals surface area (Å²) >= 11 is 0. The van der Waals surface area contributed by atoms with Crippen molar-refractivity contribution in [1.82, 2.24) is 19.9 Å². The number of pyridine rings is 1. The minimum absolute atomic E-state index is 0.112. The first-order chi connectivity index (χ1) is 13.2. The molecule has 0 amide bonds. The molecule has 1 unspecified atom stereocenters. The van der Waals surface area contributed by atoms with Crippen LogP contribution in [0.2, 0.25) is 0 Å². The minimum atomic E-state index is -0.112. The van der Waals surface area contributed by atoms with Gasteiger partial charge in [0.2, 0.25) is 5.95 Å². The fourth-order valence-corrected chi connectivity index (χ4v) is 3.52. The largest absolute Gasteiger partial charge is 0.354 e. The van der Waals surface area contributed by atoms with E-state index in [0.29, 0.717) is 16.9 Å². The highest BCUT2D eigenvalue weighted by Crippen LogP contribution is 2.13. The van der Waals surface area contributed by atoms with E-state index in [9.17, 15) is 4.79 Å². The van der Waals surface area contributed by atoms with Crippen molar-refractivity contribution in [1.29, 1.82) is 0 Å². The van der Waals surface area contributed by atoms with Gasteiger partial charge in [0.1, 0.15) is 5.82 Å². The number of para-hydroxylation sites is 1. The van der Waals surface area contributed by atoms with E-state index in [1.165, 1.54) is 0 Å². The molecule has 7 heteroatoms. The van der Waals surface area contributed by atoms with Crippen LogP contribution in [0, 0.1) is 0 Å². The number of rotatable bonds is 5. The zero-order chi connectivity index (χ0) is 18.6. The normalized spacial score (nSPS) is 16.4. The van der Waals surface area contributed by atoms with Gasteiger partial charge >= 0.3 is 0 Å². The molecule has 1 aliphatic rings. The molecule has 1 fully saturated rings. The lowest BCUT2D eigenvalue weighted by atomic mass is 10.2. The molecule has 4 rings (SSSR count). The number of fused-ring (bicyclic) bond motifs is 1. The van der Waals surface area contributed by atoms with Crippen LogP contribution in [0.5, 0.6) is 0 Å². The first-order valence-corrected chi connectivity index (χ1v) is 9.33. The highest BCUT2D eigenvalue weighted by molar-refractivity contribution is 5.78. The lowest BCUT2D eigenvalue weighted by Crippen LogP contribution is -2.49. The number of aromatic nitrogens is 3. The summed E-state index contributed by atoms with van der Waals surface area (Å²) in [6.07, 6.45) is 1.84. The SMILES string of the molecule is CC(CN1CCN(c2ccccn2)CC1)Nc1nc2ccccc2c(=O)[nH]1. The van der Waals surface area contributed by atoms with Crippen LogP contribution in [0.3, 0.4) is 0 Å². The number of benzene rings is 1. The van der Waals surface area contributed by atoms with Gasteiger partial charge in [-0.15, -0.1) is 0 Å². The quantitative estimate of drug-likeness (QED) is 0.721. The Morgan fingerprint density at radius 3 is 2.67 bits per heavy atom. The van der Waals surface area contributed by atoms with Crippen LogP contribution < -0.4 is 15.8 Å². The fourth-order valence-electron chi connectivity index (χ4n) is 3.52. The van der Waals surface area contributed by atoms with Gasteiger partial charge in [0.05, 0.1) is 10.9 Å². The molecule has 3 aromatic rings. The van der Waals surface area contributed by atoms with Crippen molar-refractivity contribution in [3.8, 4) is 0 Å². The highest BCUT2D eigenvalue weighted by Gasteiger charge is 2.19. The molecule has 3 heterocycles. The van der Waals surface area contributed by atoms with Gasteiger partial charge < -0.3 is 10.2 Å². The number of hydrogen-bond donors (Lipinski definition) is 2. The number of nitrogens with one attached hydrogen (secondary N) is 2. The van der Waals surface area contributed by atoms with Crippen molar-refractivity contribution < 1.29 is 0 Å². The zero-order valence-electron chi connectivity index (χ0n) is 15.4. The Kier molecular flexibility index (Phi) is 5.02. The van der Waals surface area contributed by atoms with Crippen LogP contribution in [-0.2, 0) is 0 Å². The molecule has 2 N–H and O–H groups in total. The van der Waals surface area contributed by atoms with Crippen LogP contribution in [0.15, 0.2) is 53.5 Å². The summed E-state index contributed by atoms with van der Waals surface area (Å²) in [5, 5.41) is 3.94. The Hall–Kier alpha value is -2.93. The Morgan fingerprint density at radius 2 is 1.89 bits per heavy atom. The van der Waals surface area contributed by atoms with Crippen LogP contribution in [-0.4, -0.2) is 58.6 Å². The third kappa shape index (κ3) is 4.09. The third-order valence-corrected chi connectivity index (χ3v) is 4.87. The molecular weight excluding hydrogens is 340 g/mol. The van der Waals surface area contributed by atoms with Crippen molar-refractivity contribution >= 4 is 22.7 Å². The molecule has 7 nitrogen and oxygen atoms in total. The van der Waals surface area contributed by atoms with Crippen molar-refractivity contribution in [2.75, 3.05) is 42.9 Å². The number of nitrogens with zero attached hydrogens (tertiary/aromatic N) is 4. The maximum Gasteiger partial charge on any atom is 0.260 e. The average molecular weight is 364 g/mol. The maximum atomic E-state index is 12.2. The van der Waals surface area contributed by atoms with Gasteiger partial charge in [-0.1, -0.05) is 18.2 Å². The molecule has 2 aromatic heterocycles. The second-order valence-electron chi connectivity index (χ2n) is 6.95. The van der Waals surface area contributed by atoms with Gasteiger partial charge in [0.25, 0.3) is 5.56 Å². The van der Waals surface area contributed by atoms with Crippen LogP contribution in [0.1, 0.15) is 6.92 Å². The van der Waals surface area contributed by atoms with E-state index in [4.69, 9.17) is 0 Å². The van der Waals surface area contributed by atoms with Gasteiger partial charge in [-0.25, -0.2) is 9.97 Å². The van der Waals surface area contributed by atoms with Crippen molar-refractivity contribution in [3.63, 3.8) is 0 Å². The van der Waals surface area contributed by atoms with Gasteiger partial charge in [0.15, 0.2) is 0 Å². The Balaban J connectivity index is 1.34. The second kappa shape index (κ2) is 7.75. The van der Waals surface area contributed by atoms with Crippen LogP contribution in [0.25, 0.3) is 10.9 Å². The molecule has 1 aromatic carbocycles. The van der Waals surface area contributed by atoms with Gasteiger partial charge in [0, 0.05) is 45.0 Å². The lowest BCUT2D eigenvalue weighted by Gasteiger charge is -2.36. The predicted molar refractivity (Wildman–Crippen MR) is 108 cm³/mol. The van der Waals surface area contributed by atoms with Crippen molar-refractivity contribution in [2.45, 2.75) is 13.0 Å². The van der Waals surface area contributed by atoms with E-state index < -0.39 is 0 Å². The van der Waals surface area contributed by atoms with Gasteiger partial charge in [-0.05, 0) is 31.2 Å². The van der Waals surface area contributed by atoms with Crippen molar-refractivity contribution in [2.24, 2.45) is 0 Å².